The van der Waals surface area contributed by atoms with Gasteiger partial charge in [-0.25, -0.2) is 0 Å². The van der Waals surface area contributed by atoms with E-state index in [1.165, 1.54) is 0 Å². The van der Waals surface area contributed by atoms with E-state index in [9.17, 15) is 4.79 Å². The molecule has 3 nitrogen and oxygen atoms in total. The van der Waals surface area contributed by atoms with Crippen LogP contribution in [0.15, 0.2) is 22.7 Å². The molecule has 5 heteroatoms. The number of ether oxygens (including phenoxy) is 1. The van der Waals surface area contributed by atoms with E-state index < -0.39 is 0 Å². The minimum atomic E-state index is -0.102. The number of halogens is 2. The summed E-state index contributed by atoms with van der Waals surface area (Å²) in [4.78, 5) is 10.9. The molecule has 1 aromatic carbocycles. The predicted molar refractivity (Wildman–Crippen MR) is 60.9 cm³/mol. The minimum absolute atomic E-state index is 0.0728. The first-order valence-electron chi connectivity index (χ1n) is 4.50. The fraction of sp³-hybridized carbons (Fsp3) is 0.300. The highest BCUT2D eigenvalue weighted by molar-refractivity contribution is 9.10. The summed E-state index contributed by atoms with van der Waals surface area (Å²) in [6.07, 6.45) is -0.102. The van der Waals surface area contributed by atoms with Gasteiger partial charge in [-0.3, -0.25) is 4.79 Å². The molecule has 1 amide bonds. The Hall–Kier alpha value is -0.580. The van der Waals surface area contributed by atoms with Crippen molar-refractivity contribution in [2.45, 2.75) is 6.10 Å². The highest BCUT2D eigenvalue weighted by Crippen LogP contribution is 2.29. The molecule has 0 aromatic heterocycles. The molecule has 0 radical (unpaired) electrons. The van der Waals surface area contributed by atoms with E-state index in [0.29, 0.717) is 11.6 Å². The summed E-state index contributed by atoms with van der Waals surface area (Å²) in [6.45, 7) is 0.610. The van der Waals surface area contributed by atoms with Gasteiger partial charge in [0.05, 0.1) is 0 Å². The van der Waals surface area contributed by atoms with Gasteiger partial charge in [0.25, 0.3) is 0 Å². The summed E-state index contributed by atoms with van der Waals surface area (Å²) in [5, 5.41) is 3.43. The lowest BCUT2D eigenvalue weighted by Crippen LogP contribution is -2.38. The molecule has 1 aromatic rings. The Morgan fingerprint density at radius 2 is 2.33 bits per heavy atom. The molecule has 0 bridgehead atoms. The smallest absolute Gasteiger partial charge is 0.246 e. The van der Waals surface area contributed by atoms with Crippen LogP contribution in [0.5, 0.6) is 0 Å². The molecule has 1 aliphatic heterocycles. The molecule has 0 aliphatic carbocycles. The van der Waals surface area contributed by atoms with Crippen LogP contribution >= 0.6 is 27.5 Å². The molecule has 0 unspecified atom stereocenters. The molecule has 2 rings (SSSR count). The van der Waals surface area contributed by atoms with Crippen molar-refractivity contribution in [2.75, 3.05) is 13.2 Å². The molecular weight excluding hydrogens is 281 g/mol. The van der Waals surface area contributed by atoms with E-state index >= 15 is 0 Å². The maximum absolute atomic E-state index is 10.9. The third-order valence-corrected chi connectivity index (χ3v) is 3.13. The molecule has 80 valence electrons. The highest BCUT2D eigenvalue weighted by Gasteiger charge is 2.21. The largest absolute Gasteiger partial charge is 0.362 e. The number of morpholine rings is 1. The van der Waals surface area contributed by atoms with Crippen LogP contribution in [0.25, 0.3) is 0 Å². The van der Waals surface area contributed by atoms with Crippen molar-refractivity contribution in [3.8, 4) is 0 Å². The van der Waals surface area contributed by atoms with Crippen molar-refractivity contribution in [3.05, 3.63) is 33.3 Å². The van der Waals surface area contributed by atoms with E-state index in [4.69, 9.17) is 16.3 Å². The Morgan fingerprint density at radius 1 is 1.53 bits per heavy atom. The summed E-state index contributed by atoms with van der Waals surface area (Å²) in [7, 11) is 0. The van der Waals surface area contributed by atoms with Crippen LogP contribution in [-0.4, -0.2) is 19.1 Å². The summed E-state index contributed by atoms with van der Waals surface area (Å²) in [5.74, 6) is -0.0728. The van der Waals surface area contributed by atoms with Crippen molar-refractivity contribution in [3.63, 3.8) is 0 Å². The summed E-state index contributed by atoms with van der Waals surface area (Å²) in [5.41, 5.74) is 0.999. The van der Waals surface area contributed by atoms with Crippen LogP contribution in [0.3, 0.4) is 0 Å². The predicted octanol–water partition coefficient (Wildman–Crippen LogP) is 2.29. The first-order valence-corrected chi connectivity index (χ1v) is 5.67. The van der Waals surface area contributed by atoms with E-state index in [2.05, 4.69) is 21.2 Å². The number of carbonyl (C=O) groups excluding carboxylic acids is 1. The second-order valence-electron chi connectivity index (χ2n) is 3.27. The zero-order valence-electron chi connectivity index (χ0n) is 7.80. The summed E-state index contributed by atoms with van der Waals surface area (Å²) >= 11 is 9.26. The molecule has 1 saturated heterocycles. The Bertz CT molecular complexity index is 387. The maximum atomic E-state index is 10.9. The number of hydrogen-bond donors (Lipinski definition) is 1. The van der Waals surface area contributed by atoms with Gasteiger partial charge in [0.2, 0.25) is 5.91 Å². The molecule has 15 heavy (non-hydrogen) atoms. The van der Waals surface area contributed by atoms with Gasteiger partial charge in [-0.15, -0.1) is 0 Å². The fourth-order valence-electron chi connectivity index (χ4n) is 1.46. The van der Waals surface area contributed by atoms with Gasteiger partial charge in [-0.1, -0.05) is 33.6 Å². The average Bonchev–Trinajstić information content (AvgIpc) is 2.20. The second kappa shape index (κ2) is 4.51. The van der Waals surface area contributed by atoms with Crippen LogP contribution in [0.2, 0.25) is 5.02 Å². The van der Waals surface area contributed by atoms with Crippen LogP contribution < -0.4 is 5.32 Å². The van der Waals surface area contributed by atoms with Crippen molar-refractivity contribution < 1.29 is 9.53 Å². The molecular formula is C10H9BrClNO2. The van der Waals surface area contributed by atoms with Crippen molar-refractivity contribution in [2.24, 2.45) is 0 Å². The van der Waals surface area contributed by atoms with Crippen molar-refractivity contribution in [1.82, 2.24) is 5.32 Å². The Balaban J connectivity index is 2.19. The third kappa shape index (κ3) is 2.51. The zero-order chi connectivity index (χ0) is 10.8. The van der Waals surface area contributed by atoms with Gasteiger partial charge in [0, 0.05) is 16.0 Å². The van der Waals surface area contributed by atoms with E-state index in [1.54, 1.807) is 6.07 Å². The Labute approximate surface area is 101 Å². The highest BCUT2D eigenvalue weighted by atomic mass is 79.9. The number of carbonyl (C=O) groups is 1. The molecule has 1 aliphatic rings. The van der Waals surface area contributed by atoms with Crippen LogP contribution in [0.1, 0.15) is 11.7 Å². The quantitative estimate of drug-likeness (QED) is 0.862. The molecule has 1 atom stereocenters. The number of amides is 1. The van der Waals surface area contributed by atoms with Crippen LogP contribution in [0.4, 0.5) is 0 Å². The molecule has 1 heterocycles. The zero-order valence-corrected chi connectivity index (χ0v) is 10.1. The second-order valence-corrected chi connectivity index (χ2v) is 4.56. The standard InChI is InChI=1S/C10H9BrClNO2/c11-8-3-6(12)1-2-7(8)9-4-13-10(14)5-15-9/h1-3,9H,4-5H2,(H,13,14)/t9-/m0/s1. The number of rotatable bonds is 1. The lowest BCUT2D eigenvalue weighted by Gasteiger charge is -2.24. The maximum Gasteiger partial charge on any atom is 0.246 e. The first kappa shape index (κ1) is 10.9. The molecule has 0 saturated carbocycles. The van der Waals surface area contributed by atoms with Crippen LogP contribution in [-0.2, 0) is 9.53 Å². The number of hydrogen-bond acceptors (Lipinski definition) is 2. The Morgan fingerprint density at radius 3 is 2.93 bits per heavy atom. The first-order chi connectivity index (χ1) is 7.16. The number of benzene rings is 1. The monoisotopic (exact) mass is 289 g/mol. The molecule has 1 N–H and O–H groups in total. The van der Waals surface area contributed by atoms with E-state index in [1.807, 2.05) is 12.1 Å². The topological polar surface area (TPSA) is 38.3 Å². The lowest BCUT2D eigenvalue weighted by molar-refractivity contribution is -0.133. The van der Waals surface area contributed by atoms with Gasteiger partial charge in [0.1, 0.15) is 12.7 Å². The van der Waals surface area contributed by atoms with Gasteiger partial charge < -0.3 is 10.1 Å². The van der Waals surface area contributed by atoms with Gasteiger partial charge in [-0.2, -0.15) is 0 Å². The van der Waals surface area contributed by atoms with Crippen molar-refractivity contribution in [1.29, 1.82) is 0 Å². The summed E-state index contributed by atoms with van der Waals surface area (Å²) in [6, 6.07) is 5.52. The number of nitrogens with one attached hydrogen (secondary N) is 1. The van der Waals surface area contributed by atoms with Gasteiger partial charge in [-0.05, 0) is 17.7 Å². The van der Waals surface area contributed by atoms with Gasteiger partial charge >= 0.3 is 0 Å². The van der Waals surface area contributed by atoms with Crippen molar-refractivity contribution >= 4 is 33.4 Å². The fourth-order valence-corrected chi connectivity index (χ4v) is 2.39. The molecule has 1 fully saturated rings. The minimum Gasteiger partial charge on any atom is -0.362 e. The SMILES string of the molecule is O=C1CO[C@H](c2ccc(Cl)cc2Br)CN1. The average molecular weight is 291 g/mol. The van der Waals surface area contributed by atoms with E-state index in [-0.39, 0.29) is 18.6 Å². The Kier molecular flexibility index (Phi) is 3.29. The lowest BCUT2D eigenvalue weighted by atomic mass is 10.1. The third-order valence-electron chi connectivity index (χ3n) is 2.21. The normalized spacial score (nSPS) is 21.2. The molecule has 0 spiro atoms. The van der Waals surface area contributed by atoms with E-state index in [0.717, 1.165) is 10.0 Å². The van der Waals surface area contributed by atoms with Gasteiger partial charge in [0.15, 0.2) is 0 Å². The van der Waals surface area contributed by atoms with Crippen LogP contribution in [0, 0.1) is 0 Å². The summed E-state index contributed by atoms with van der Waals surface area (Å²) < 4.78 is 6.31.